The fourth-order valence-corrected chi connectivity index (χ4v) is 1.39. The molecule has 0 aliphatic carbocycles. The van der Waals surface area contributed by atoms with Crippen LogP contribution in [0.5, 0.6) is 0 Å². The molecule has 0 aromatic heterocycles. The zero-order chi connectivity index (χ0) is 12.4. The van der Waals surface area contributed by atoms with Crippen molar-refractivity contribution >= 4 is 5.97 Å². The van der Waals surface area contributed by atoms with E-state index in [0.717, 1.165) is 0 Å². The smallest absolute Gasteiger partial charge is 0.417 e. The predicted molar refractivity (Wildman–Crippen MR) is 49.0 cm³/mol. The number of carboxylic acids is 1. The van der Waals surface area contributed by atoms with Crippen molar-refractivity contribution in [3.8, 4) is 0 Å². The van der Waals surface area contributed by atoms with E-state index in [0.29, 0.717) is 26.6 Å². The van der Waals surface area contributed by atoms with E-state index >= 15 is 0 Å². The van der Waals surface area contributed by atoms with Crippen LogP contribution in [0, 0.1) is 5.92 Å². The summed E-state index contributed by atoms with van der Waals surface area (Å²) in [6, 6.07) is 0. The Hall–Kier alpha value is -0.820. The summed E-state index contributed by atoms with van der Waals surface area (Å²) in [4.78, 5) is 10.7. The first kappa shape index (κ1) is 13.2. The number of aliphatic carboxylic acids is 1. The molecule has 94 valence electrons. The summed E-state index contributed by atoms with van der Waals surface area (Å²) in [7, 11) is 0. The third-order valence-electron chi connectivity index (χ3n) is 2.76. The minimum Gasteiger partial charge on any atom is -0.480 e. The molecule has 2 unspecified atom stereocenters. The van der Waals surface area contributed by atoms with Gasteiger partial charge in [-0.3, -0.25) is 5.32 Å². The average molecular weight is 241 g/mol. The fourth-order valence-electron chi connectivity index (χ4n) is 1.39. The van der Waals surface area contributed by atoms with E-state index in [-0.39, 0.29) is 12.5 Å². The topological polar surface area (TPSA) is 58.6 Å². The van der Waals surface area contributed by atoms with Crippen molar-refractivity contribution in [2.75, 3.05) is 19.8 Å². The summed E-state index contributed by atoms with van der Waals surface area (Å²) < 4.78 is 42.7. The lowest BCUT2D eigenvalue weighted by Crippen LogP contribution is -2.61. The Labute approximate surface area is 90.8 Å². The Morgan fingerprint density at radius 1 is 1.56 bits per heavy atom. The summed E-state index contributed by atoms with van der Waals surface area (Å²) >= 11 is 0. The molecule has 2 N–H and O–H groups in total. The minimum atomic E-state index is -4.82. The maximum Gasteiger partial charge on any atom is 0.417 e. The van der Waals surface area contributed by atoms with Gasteiger partial charge >= 0.3 is 12.1 Å². The van der Waals surface area contributed by atoms with Crippen LogP contribution in [0.1, 0.15) is 13.3 Å². The van der Waals surface area contributed by atoms with Gasteiger partial charge in [0.1, 0.15) is 0 Å². The van der Waals surface area contributed by atoms with Crippen molar-refractivity contribution in [2.45, 2.75) is 25.1 Å². The van der Waals surface area contributed by atoms with Gasteiger partial charge in [0, 0.05) is 13.2 Å². The Morgan fingerprint density at radius 3 is 2.56 bits per heavy atom. The Morgan fingerprint density at radius 2 is 2.19 bits per heavy atom. The van der Waals surface area contributed by atoms with Crippen molar-refractivity contribution in [3.63, 3.8) is 0 Å². The number of hydrogen-bond donors (Lipinski definition) is 2. The van der Waals surface area contributed by atoms with Crippen molar-refractivity contribution in [1.29, 1.82) is 0 Å². The van der Waals surface area contributed by atoms with Gasteiger partial charge in [-0.2, -0.15) is 13.2 Å². The Balaban J connectivity index is 2.61. The molecule has 1 aliphatic rings. The minimum absolute atomic E-state index is 0.0116. The summed E-state index contributed by atoms with van der Waals surface area (Å²) in [5, 5.41) is 10.7. The van der Waals surface area contributed by atoms with E-state index in [2.05, 4.69) is 5.32 Å². The molecular formula is C9H14F3NO3. The van der Waals surface area contributed by atoms with Crippen LogP contribution in [0.15, 0.2) is 0 Å². The molecule has 1 rings (SSSR count). The number of ether oxygens (including phenoxy) is 1. The monoisotopic (exact) mass is 241 g/mol. The highest BCUT2D eigenvalue weighted by molar-refractivity contribution is 5.79. The molecule has 2 atom stereocenters. The van der Waals surface area contributed by atoms with E-state index in [4.69, 9.17) is 9.84 Å². The molecule has 0 spiro atoms. The second kappa shape index (κ2) is 4.58. The number of rotatable bonds is 4. The molecule has 1 fully saturated rings. The maximum atomic E-state index is 12.6. The summed E-state index contributed by atoms with van der Waals surface area (Å²) in [5.74, 6) is -1.97. The summed E-state index contributed by atoms with van der Waals surface area (Å²) in [6.45, 7) is 1.51. The highest BCUT2D eigenvalue weighted by atomic mass is 19.4. The van der Waals surface area contributed by atoms with Gasteiger partial charge < -0.3 is 9.84 Å². The third-order valence-corrected chi connectivity index (χ3v) is 2.76. The van der Waals surface area contributed by atoms with Crippen molar-refractivity contribution in [2.24, 2.45) is 5.92 Å². The summed E-state index contributed by atoms with van der Waals surface area (Å²) in [6.07, 6.45) is -4.17. The van der Waals surface area contributed by atoms with Crippen molar-refractivity contribution in [1.82, 2.24) is 5.32 Å². The number of alkyl halides is 3. The van der Waals surface area contributed by atoms with Crippen LogP contribution in [0.25, 0.3) is 0 Å². The van der Waals surface area contributed by atoms with Crippen molar-refractivity contribution < 1.29 is 27.8 Å². The molecule has 4 nitrogen and oxygen atoms in total. The quantitative estimate of drug-likeness (QED) is 0.771. The normalized spacial score (nSPS) is 25.4. The Bertz CT molecular complexity index is 263. The fraction of sp³-hybridized carbons (Fsp3) is 0.889. The number of hydrogen-bond acceptors (Lipinski definition) is 3. The van der Waals surface area contributed by atoms with E-state index < -0.39 is 17.7 Å². The van der Waals surface area contributed by atoms with Gasteiger partial charge in [0.25, 0.3) is 0 Å². The number of halogens is 3. The lowest BCUT2D eigenvalue weighted by molar-refractivity contribution is -0.206. The molecule has 0 radical (unpaired) electrons. The number of carbonyl (C=O) groups is 1. The second-order valence-corrected chi connectivity index (χ2v) is 4.04. The highest BCUT2D eigenvalue weighted by Gasteiger charge is 2.57. The van der Waals surface area contributed by atoms with Crippen LogP contribution >= 0.6 is 0 Å². The predicted octanol–water partition coefficient (Wildman–Crippen LogP) is 1.02. The largest absolute Gasteiger partial charge is 0.480 e. The van der Waals surface area contributed by atoms with Gasteiger partial charge in [0.15, 0.2) is 0 Å². The van der Waals surface area contributed by atoms with Gasteiger partial charge in [0.05, 0.1) is 6.61 Å². The molecule has 1 aliphatic heterocycles. The van der Waals surface area contributed by atoms with Crippen LogP contribution in [0.2, 0.25) is 0 Å². The maximum absolute atomic E-state index is 12.6. The molecule has 0 bridgehead atoms. The number of carboxylic acid groups (broad SMARTS) is 1. The molecule has 16 heavy (non-hydrogen) atoms. The lowest BCUT2D eigenvalue weighted by Gasteiger charge is -2.29. The van der Waals surface area contributed by atoms with Gasteiger partial charge in [-0.1, -0.05) is 0 Å². The van der Waals surface area contributed by atoms with Crippen LogP contribution in [-0.2, 0) is 9.53 Å². The van der Waals surface area contributed by atoms with Crippen LogP contribution in [0.3, 0.4) is 0 Å². The van der Waals surface area contributed by atoms with E-state index in [9.17, 15) is 18.0 Å². The molecule has 0 saturated carbocycles. The first-order chi connectivity index (χ1) is 7.27. The molecule has 7 heteroatoms. The summed E-state index contributed by atoms with van der Waals surface area (Å²) in [5.41, 5.74) is -2.89. The van der Waals surface area contributed by atoms with E-state index in [1.54, 1.807) is 0 Å². The first-order valence-electron chi connectivity index (χ1n) is 4.90. The van der Waals surface area contributed by atoms with Crippen molar-refractivity contribution in [3.05, 3.63) is 0 Å². The van der Waals surface area contributed by atoms with Crippen LogP contribution in [-0.4, -0.2) is 42.5 Å². The first-order valence-corrected chi connectivity index (χ1v) is 4.90. The molecular weight excluding hydrogens is 227 g/mol. The zero-order valence-electron chi connectivity index (χ0n) is 8.80. The van der Waals surface area contributed by atoms with Crippen LogP contribution in [0.4, 0.5) is 13.2 Å². The molecule has 0 aromatic rings. The highest BCUT2D eigenvalue weighted by Crippen LogP contribution is 2.30. The molecule has 0 amide bonds. The van der Waals surface area contributed by atoms with Gasteiger partial charge in [-0.05, 0) is 19.3 Å². The standard InChI is InChI=1S/C9H14F3NO3/c1-8(7(14)15,9(10,11)12)13-4-6-2-3-16-5-6/h6,13H,2-5H2,1H3,(H,14,15). The van der Waals surface area contributed by atoms with E-state index in [1.165, 1.54) is 0 Å². The third kappa shape index (κ3) is 2.65. The zero-order valence-corrected chi connectivity index (χ0v) is 8.80. The van der Waals surface area contributed by atoms with Gasteiger partial charge in [-0.25, -0.2) is 4.79 Å². The van der Waals surface area contributed by atoms with E-state index in [1.807, 2.05) is 0 Å². The van der Waals surface area contributed by atoms with Gasteiger partial charge in [0.2, 0.25) is 5.54 Å². The SMILES string of the molecule is CC(NCC1CCOC1)(C(=O)O)C(F)(F)F. The molecule has 1 saturated heterocycles. The second-order valence-electron chi connectivity index (χ2n) is 4.04. The number of nitrogens with one attached hydrogen (secondary N) is 1. The molecule has 1 heterocycles. The van der Waals surface area contributed by atoms with Crippen LogP contribution < -0.4 is 5.32 Å². The average Bonchev–Trinajstić information content (AvgIpc) is 2.64. The Kier molecular flexibility index (Phi) is 3.80. The lowest BCUT2D eigenvalue weighted by atomic mass is 10.00. The molecule has 0 aromatic carbocycles. The van der Waals surface area contributed by atoms with Gasteiger partial charge in [-0.15, -0.1) is 0 Å².